The highest BCUT2D eigenvalue weighted by Crippen LogP contribution is 2.62. The van der Waals surface area contributed by atoms with Crippen molar-refractivity contribution in [1.82, 2.24) is 9.13 Å². The van der Waals surface area contributed by atoms with Crippen molar-refractivity contribution < 1.29 is 19.8 Å². The summed E-state index contributed by atoms with van der Waals surface area (Å²) in [6.45, 7) is 8.55. The van der Waals surface area contributed by atoms with Gasteiger partial charge in [0, 0.05) is 61.1 Å². The zero-order chi connectivity index (χ0) is 29.2. The molecule has 0 radical (unpaired) electrons. The Labute approximate surface area is 242 Å². The maximum atomic E-state index is 12.4. The second-order valence-electron chi connectivity index (χ2n) is 12.6. The first-order chi connectivity index (χ1) is 20.2. The summed E-state index contributed by atoms with van der Waals surface area (Å²) in [6.07, 6.45) is 3.66. The molecule has 6 aromatic rings. The van der Waals surface area contributed by atoms with Crippen molar-refractivity contribution >= 4 is 56.2 Å². The molecule has 6 nitrogen and oxygen atoms in total. The molecule has 3 atom stereocenters. The topological polar surface area (TPSA) is 84.5 Å². The third-order valence-electron chi connectivity index (χ3n) is 9.82. The van der Waals surface area contributed by atoms with Crippen LogP contribution in [0.2, 0.25) is 0 Å². The average molecular weight is 555 g/mol. The maximum Gasteiger partial charge on any atom is 0.153 e. The molecule has 4 aromatic carbocycles. The lowest BCUT2D eigenvalue weighted by atomic mass is 9.64. The number of para-hydroxylation sites is 2. The van der Waals surface area contributed by atoms with Crippen LogP contribution < -0.4 is 0 Å². The van der Waals surface area contributed by atoms with Crippen LogP contribution >= 0.6 is 0 Å². The smallest absolute Gasteiger partial charge is 0.153 e. The first-order valence-electron chi connectivity index (χ1n) is 14.3. The highest BCUT2D eigenvalue weighted by atomic mass is 16.3. The monoisotopic (exact) mass is 554 g/mol. The van der Waals surface area contributed by atoms with Crippen LogP contribution in [-0.2, 0) is 5.54 Å². The first-order valence-corrected chi connectivity index (χ1v) is 14.3. The van der Waals surface area contributed by atoms with Crippen LogP contribution in [0.5, 0.6) is 11.5 Å². The molecule has 2 aliphatic heterocycles. The highest BCUT2D eigenvalue weighted by molar-refractivity contribution is 6.15. The van der Waals surface area contributed by atoms with E-state index in [-0.39, 0.29) is 40.5 Å². The molecule has 2 aliphatic rings. The quantitative estimate of drug-likeness (QED) is 0.172. The van der Waals surface area contributed by atoms with E-state index in [0.717, 1.165) is 72.9 Å². The molecule has 42 heavy (non-hydrogen) atoms. The van der Waals surface area contributed by atoms with Gasteiger partial charge < -0.3 is 19.3 Å². The van der Waals surface area contributed by atoms with Crippen molar-refractivity contribution in [3.63, 3.8) is 0 Å². The molecule has 2 aromatic heterocycles. The number of carbonyl (C=O) groups excluding carboxylic acids is 2. The van der Waals surface area contributed by atoms with Crippen LogP contribution in [0.1, 0.15) is 71.5 Å². The standard InChI is InChI=1S/C36H30N2O4/c1-18(2)13-25-28-31-23(14-19(16-39)34(28)41)21-9-5-7-11-26(21)37(31)33-29-32-24(15-20(17-40)35(29)42)22-10-6-8-12-27(22)38(32)36(3,4)30(25)33/h5-17,25,30,33,41-42H,1-4H3. The Kier molecular flexibility index (Phi) is 4.82. The minimum atomic E-state index is -0.524. The molecule has 0 aliphatic carbocycles. The Hall–Kier alpha value is -4.84. The number of benzene rings is 4. The molecule has 0 saturated heterocycles. The van der Waals surface area contributed by atoms with Gasteiger partial charge in [0.2, 0.25) is 0 Å². The number of phenols is 2. The third-order valence-corrected chi connectivity index (χ3v) is 9.82. The van der Waals surface area contributed by atoms with Gasteiger partial charge in [-0.25, -0.2) is 0 Å². The van der Waals surface area contributed by atoms with Gasteiger partial charge in [0.05, 0.1) is 28.2 Å². The highest BCUT2D eigenvalue weighted by Gasteiger charge is 2.54. The zero-order valence-electron chi connectivity index (χ0n) is 23.8. The van der Waals surface area contributed by atoms with Gasteiger partial charge in [-0.1, -0.05) is 48.0 Å². The number of allylic oxidation sites excluding steroid dienone is 2. The van der Waals surface area contributed by atoms with Gasteiger partial charge in [0.15, 0.2) is 12.6 Å². The van der Waals surface area contributed by atoms with Gasteiger partial charge in [0.1, 0.15) is 11.5 Å². The van der Waals surface area contributed by atoms with E-state index < -0.39 is 5.54 Å². The van der Waals surface area contributed by atoms with Crippen LogP contribution in [0.15, 0.2) is 72.3 Å². The molecule has 0 fully saturated rings. The first kappa shape index (κ1) is 24.9. The number of aromatic nitrogens is 2. The Morgan fingerprint density at radius 3 is 1.93 bits per heavy atom. The summed E-state index contributed by atoms with van der Waals surface area (Å²) in [4.78, 5) is 24.7. The molecule has 208 valence electrons. The number of aromatic hydroxyl groups is 2. The van der Waals surface area contributed by atoms with E-state index in [1.807, 2.05) is 50.2 Å². The predicted molar refractivity (Wildman–Crippen MR) is 166 cm³/mol. The summed E-state index contributed by atoms with van der Waals surface area (Å²) >= 11 is 0. The van der Waals surface area contributed by atoms with Crippen molar-refractivity contribution in [3.05, 3.63) is 94.6 Å². The third kappa shape index (κ3) is 2.79. The molecule has 6 heteroatoms. The maximum absolute atomic E-state index is 12.4. The molecule has 4 heterocycles. The molecule has 3 unspecified atom stereocenters. The molecule has 0 bridgehead atoms. The van der Waals surface area contributed by atoms with Crippen LogP contribution in [0.4, 0.5) is 0 Å². The number of aldehydes is 2. The van der Waals surface area contributed by atoms with Crippen molar-refractivity contribution in [3.8, 4) is 11.5 Å². The number of phenolic OH excluding ortho intramolecular Hbond substituents is 2. The van der Waals surface area contributed by atoms with Gasteiger partial charge in [-0.2, -0.15) is 0 Å². The van der Waals surface area contributed by atoms with E-state index in [2.05, 4.69) is 47.3 Å². The number of carbonyl (C=O) groups is 2. The summed E-state index contributed by atoms with van der Waals surface area (Å²) < 4.78 is 4.57. The largest absolute Gasteiger partial charge is 0.507 e. The van der Waals surface area contributed by atoms with E-state index in [4.69, 9.17) is 0 Å². The van der Waals surface area contributed by atoms with Crippen molar-refractivity contribution in [2.45, 2.75) is 45.2 Å². The molecular formula is C36H30N2O4. The predicted octanol–water partition coefficient (Wildman–Crippen LogP) is 7.96. The van der Waals surface area contributed by atoms with Crippen molar-refractivity contribution in [2.24, 2.45) is 5.92 Å². The lowest BCUT2D eigenvalue weighted by Gasteiger charge is -2.52. The lowest BCUT2D eigenvalue weighted by molar-refractivity contribution is 0.111. The zero-order valence-corrected chi connectivity index (χ0v) is 23.8. The molecule has 0 spiro atoms. The average Bonchev–Trinajstić information content (AvgIpc) is 3.48. The van der Waals surface area contributed by atoms with E-state index in [1.54, 1.807) is 6.07 Å². The Balaban J connectivity index is 1.68. The summed E-state index contributed by atoms with van der Waals surface area (Å²) in [5.41, 5.74) is 6.28. The second kappa shape index (κ2) is 8.13. The number of hydrogen-bond donors (Lipinski definition) is 2. The molecule has 8 rings (SSSR count). The number of fused-ring (bicyclic) bond motifs is 9. The second-order valence-corrected chi connectivity index (χ2v) is 12.6. The van der Waals surface area contributed by atoms with Crippen LogP contribution in [-0.4, -0.2) is 31.9 Å². The van der Waals surface area contributed by atoms with Crippen LogP contribution in [0.25, 0.3) is 43.6 Å². The normalized spacial score (nSPS) is 20.2. The fraction of sp³-hybridized carbons (Fsp3) is 0.222. The SMILES string of the molecule is CC(C)=CC1c2c(O)c(C=O)cc3c4ccccc4n(c23)C2c3c(O)c(C=O)cc4c5ccccc5n(c34)C(C)(C)C12. The number of nitrogens with zero attached hydrogens (tertiary/aromatic N) is 2. The van der Waals surface area contributed by atoms with Gasteiger partial charge >= 0.3 is 0 Å². The van der Waals surface area contributed by atoms with E-state index in [9.17, 15) is 19.8 Å². The van der Waals surface area contributed by atoms with Crippen molar-refractivity contribution in [2.75, 3.05) is 0 Å². The summed E-state index contributed by atoms with van der Waals surface area (Å²) in [6, 6.07) is 19.5. The molecule has 2 N–H and O–H groups in total. The fourth-order valence-electron chi connectivity index (χ4n) is 8.40. The summed E-state index contributed by atoms with van der Waals surface area (Å²) in [5, 5.41) is 27.5. The number of hydrogen-bond acceptors (Lipinski definition) is 4. The molecule has 0 saturated carbocycles. The van der Waals surface area contributed by atoms with Gasteiger partial charge in [-0.3, -0.25) is 9.59 Å². The van der Waals surface area contributed by atoms with E-state index in [0.29, 0.717) is 0 Å². The molecular weight excluding hydrogens is 524 g/mol. The Bertz CT molecular complexity index is 2220. The van der Waals surface area contributed by atoms with Gasteiger partial charge in [-0.15, -0.1) is 0 Å². The summed E-state index contributed by atoms with van der Waals surface area (Å²) in [7, 11) is 0. The lowest BCUT2D eigenvalue weighted by Crippen LogP contribution is -2.48. The van der Waals surface area contributed by atoms with Crippen molar-refractivity contribution in [1.29, 1.82) is 0 Å². The van der Waals surface area contributed by atoms with E-state index in [1.165, 1.54) is 0 Å². The fourth-order valence-corrected chi connectivity index (χ4v) is 8.40. The minimum absolute atomic E-state index is 0.00233. The summed E-state index contributed by atoms with van der Waals surface area (Å²) in [5.74, 6) is -0.507. The van der Waals surface area contributed by atoms with Crippen LogP contribution in [0.3, 0.4) is 0 Å². The van der Waals surface area contributed by atoms with Gasteiger partial charge in [0.25, 0.3) is 0 Å². The minimum Gasteiger partial charge on any atom is -0.507 e. The Morgan fingerprint density at radius 2 is 1.31 bits per heavy atom. The molecule has 0 amide bonds. The van der Waals surface area contributed by atoms with Gasteiger partial charge in [-0.05, 0) is 52.0 Å². The van der Waals surface area contributed by atoms with E-state index >= 15 is 0 Å². The van der Waals surface area contributed by atoms with Crippen LogP contribution in [0, 0.1) is 5.92 Å². The number of rotatable bonds is 3. The Morgan fingerprint density at radius 1 is 0.762 bits per heavy atom.